The Bertz CT molecular complexity index is 617. The van der Waals surface area contributed by atoms with E-state index >= 15 is 0 Å². The summed E-state index contributed by atoms with van der Waals surface area (Å²) >= 11 is 0. The Balaban J connectivity index is 1.53. The standard InChI is InChI=1S/C20H28N2O2/c1-24-15-8-7-14-5-4-6-16(17(14)13-15)19(23)22-18-9-12-21-20(18)10-2-3-11-20/h7-8,13,16,18,21H,2-6,9-12H2,1H3,(H,22,23). The molecule has 0 aromatic heterocycles. The molecule has 1 saturated heterocycles. The van der Waals surface area contributed by atoms with Crippen molar-refractivity contribution in [3.05, 3.63) is 29.3 Å². The molecule has 1 aromatic rings. The minimum atomic E-state index is -0.0251. The van der Waals surface area contributed by atoms with E-state index < -0.39 is 0 Å². The SMILES string of the molecule is COc1ccc2c(c1)C(C(=O)NC1CCNC13CCCC3)CCC2. The van der Waals surface area contributed by atoms with Crippen molar-refractivity contribution in [3.8, 4) is 5.75 Å². The molecular formula is C20H28N2O2. The fraction of sp³-hybridized carbons (Fsp3) is 0.650. The van der Waals surface area contributed by atoms with Gasteiger partial charge in [0.1, 0.15) is 5.75 Å². The largest absolute Gasteiger partial charge is 0.497 e. The highest BCUT2D eigenvalue weighted by Crippen LogP contribution is 2.38. The van der Waals surface area contributed by atoms with Crippen molar-refractivity contribution in [2.24, 2.45) is 0 Å². The van der Waals surface area contributed by atoms with Gasteiger partial charge in [0.15, 0.2) is 0 Å². The molecule has 2 unspecified atom stereocenters. The maximum atomic E-state index is 13.1. The summed E-state index contributed by atoms with van der Waals surface area (Å²) in [6.07, 6.45) is 9.12. The van der Waals surface area contributed by atoms with Crippen molar-refractivity contribution in [2.75, 3.05) is 13.7 Å². The van der Waals surface area contributed by atoms with E-state index in [2.05, 4.69) is 22.8 Å². The van der Waals surface area contributed by atoms with E-state index in [1.54, 1.807) is 7.11 Å². The first kappa shape index (κ1) is 15.9. The number of carbonyl (C=O) groups is 1. The Kier molecular flexibility index (Phi) is 4.25. The molecule has 1 amide bonds. The summed E-state index contributed by atoms with van der Waals surface area (Å²) in [5.74, 6) is 1.04. The number of carbonyl (C=O) groups excluding carboxylic acids is 1. The summed E-state index contributed by atoms with van der Waals surface area (Å²) < 4.78 is 5.38. The minimum absolute atomic E-state index is 0.0251. The van der Waals surface area contributed by atoms with E-state index in [1.807, 2.05) is 6.07 Å². The predicted octanol–water partition coefficient (Wildman–Crippen LogP) is 2.91. The topological polar surface area (TPSA) is 50.4 Å². The maximum absolute atomic E-state index is 13.1. The van der Waals surface area contributed by atoms with Crippen LogP contribution in [0.2, 0.25) is 0 Å². The van der Waals surface area contributed by atoms with Crippen LogP contribution in [0.1, 0.15) is 62.0 Å². The van der Waals surface area contributed by atoms with Crippen LogP contribution in [0.4, 0.5) is 0 Å². The molecule has 2 aliphatic carbocycles. The highest BCUT2D eigenvalue weighted by Gasteiger charge is 2.45. The van der Waals surface area contributed by atoms with Gasteiger partial charge in [0.2, 0.25) is 5.91 Å². The highest BCUT2D eigenvalue weighted by atomic mass is 16.5. The molecule has 24 heavy (non-hydrogen) atoms. The number of ether oxygens (including phenoxy) is 1. The first-order chi connectivity index (χ1) is 11.7. The normalized spacial score (nSPS) is 27.9. The van der Waals surface area contributed by atoms with E-state index in [1.165, 1.54) is 36.8 Å². The Hall–Kier alpha value is -1.55. The van der Waals surface area contributed by atoms with Gasteiger partial charge in [0.25, 0.3) is 0 Å². The second kappa shape index (κ2) is 6.40. The number of fused-ring (bicyclic) bond motifs is 1. The number of amides is 1. The van der Waals surface area contributed by atoms with Crippen LogP contribution in [0, 0.1) is 0 Å². The second-order valence-electron chi connectivity index (χ2n) is 7.65. The van der Waals surface area contributed by atoms with Gasteiger partial charge in [-0.1, -0.05) is 18.9 Å². The number of hydrogen-bond donors (Lipinski definition) is 2. The molecule has 3 aliphatic rings. The molecule has 1 aliphatic heterocycles. The Morgan fingerprint density at radius 3 is 2.88 bits per heavy atom. The Labute approximate surface area is 144 Å². The van der Waals surface area contributed by atoms with Gasteiger partial charge in [-0.05, 0) is 68.3 Å². The van der Waals surface area contributed by atoms with Gasteiger partial charge >= 0.3 is 0 Å². The number of rotatable bonds is 3. The summed E-state index contributed by atoms with van der Waals surface area (Å²) in [7, 11) is 1.69. The fourth-order valence-electron chi connectivity index (χ4n) is 5.06. The van der Waals surface area contributed by atoms with Crippen LogP contribution in [-0.2, 0) is 11.2 Å². The lowest BCUT2D eigenvalue weighted by atomic mass is 9.81. The summed E-state index contributed by atoms with van der Waals surface area (Å²) in [5.41, 5.74) is 2.65. The van der Waals surface area contributed by atoms with Crippen LogP contribution in [0.3, 0.4) is 0 Å². The molecular weight excluding hydrogens is 300 g/mol. The predicted molar refractivity (Wildman–Crippen MR) is 94.4 cm³/mol. The quantitative estimate of drug-likeness (QED) is 0.897. The Morgan fingerprint density at radius 2 is 2.08 bits per heavy atom. The third-order valence-electron chi connectivity index (χ3n) is 6.37. The van der Waals surface area contributed by atoms with E-state index in [4.69, 9.17) is 4.74 Å². The maximum Gasteiger partial charge on any atom is 0.227 e. The zero-order chi connectivity index (χ0) is 16.6. The van der Waals surface area contributed by atoms with E-state index in [0.717, 1.165) is 38.0 Å². The molecule has 2 fully saturated rings. The van der Waals surface area contributed by atoms with Crippen LogP contribution in [-0.4, -0.2) is 31.1 Å². The monoisotopic (exact) mass is 328 g/mol. The van der Waals surface area contributed by atoms with Gasteiger partial charge in [-0.25, -0.2) is 0 Å². The molecule has 4 rings (SSSR count). The van der Waals surface area contributed by atoms with Gasteiger partial charge in [0.05, 0.1) is 13.0 Å². The number of aryl methyl sites for hydroxylation is 1. The number of methoxy groups -OCH3 is 1. The molecule has 1 heterocycles. The molecule has 1 saturated carbocycles. The lowest BCUT2D eigenvalue weighted by Gasteiger charge is -2.34. The second-order valence-corrected chi connectivity index (χ2v) is 7.65. The summed E-state index contributed by atoms with van der Waals surface area (Å²) in [6.45, 7) is 1.03. The average molecular weight is 328 g/mol. The molecule has 0 bridgehead atoms. The molecule has 4 nitrogen and oxygen atoms in total. The third kappa shape index (κ3) is 2.71. The number of hydrogen-bond acceptors (Lipinski definition) is 3. The highest BCUT2D eigenvalue weighted by molar-refractivity contribution is 5.85. The number of nitrogens with one attached hydrogen (secondary N) is 2. The zero-order valence-electron chi connectivity index (χ0n) is 14.6. The van der Waals surface area contributed by atoms with Crippen LogP contribution in [0.25, 0.3) is 0 Å². The Morgan fingerprint density at radius 1 is 1.25 bits per heavy atom. The van der Waals surface area contributed by atoms with Crippen LogP contribution < -0.4 is 15.4 Å². The summed E-state index contributed by atoms with van der Waals surface area (Å²) in [6, 6.07) is 6.50. The van der Waals surface area contributed by atoms with Gasteiger partial charge in [-0.2, -0.15) is 0 Å². The summed E-state index contributed by atoms with van der Waals surface area (Å²) in [4.78, 5) is 13.1. The van der Waals surface area contributed by atoms with Crippen molar-refractivity contribution in [3.63, 3.8) is 0 Å². The molecule has 2 N–H and O–H groups in total. The van der Waals surface area contributed by atoms with Crippen LogP contribution in [0.5, 0.6) is 5.75 Å². The lowest BCUT2D eigenvalue weighted by molar-refractivity contribution is -0.124. The first-order valence-corrected chi connectivity index (χ1v) is 9.44. The van der Waals surface area contributed by atoms with E-state index in [9.17, 15) is 4.79 Å². The number of benzene rings is 1. The molecule has 1 spiro atoms. The van der Waals surface area contributed by atoms with Crippen LogP contribution >= 0.6 is 0 Å². The average Bonchev–Trinajstić information content (AvgIpc) is 3.24. The molecule has 0 radical (unpaired) electrons. The third-order valence-corrected chi connectivity index (χ3v) is 6.37. The molecule has 2 atom stereocenters. The van der Waals surface area contributed by atoms with Crippen molar-refractivity contribution < 1.29 is 9.53 Å². The minimum Gasteiger partial charge on any atom is -0.497 e. The molecule has 4 heteroatoms. The van der Waals surface area contributed by atoms with Crippen molar-refractivity contribution in [2.45, 2.75) is 68.9 Å². The van der Waals surface area contributed by atoms with Crippen molar-refractivity contribution >= 4 is 5.91 Å². The van der Waals surface area contributed by atoms with Gasteiger partial charge in [-0.3, -0.25) is 4.79 Å². The zero-order valence-corrected chi connectivity index (χ0v) is 14.6. The van der Waals surface area contributed by atoms with E-state index in [-0.39, 0.29) is 17.4 Å². The van der Waals surface area contributed by atoms with Crippen LogP contribution in [0.15, 0.2) is 18.2 Å². The van der Waals surface area contributed by atoms with E-state index in [0.29, 0.717) is 6.04 Å². The lowest BCUT2D eigenvalue weighted by Crippen LogP contribution is -2.54. The van der Waals surface area contributed by atoms with Gasteiger partial charge in [-0.15, -0.1) is 0 Å². The van der Waals surface area contributed by atoms with Gasteiger partial charge in [0, 0.05) is 11.6 Å². The first-order valence-electron chi connectivity index (χ1n) is 9.44. The van der Waals surface area contributed by atoms with Crippen molar-refractivity contribution in [1.29, 1.82) is 0 Å². The van der Waals surface area contributed by atoms with Crippen molar-refractivity contribution in [1.82, 2.24) is 10.6 Å². The fourth-order valence-corrected chi connectivity index (χ4v) is 5.06. The molecule has 1 aromatic carbocycles. The summed E-state index contributed by atoms with van der Waals surface area (Å²) in [5, 5.41) is 7.11. The molecule has 130 valence electrons. The van der Waals surface area contributed by atoms with Gasteiger partial charge < -0.3 is 15.4 Å². The smallest absolute Gasteiger partial charge is 0.227 e.